The number of aryl methyl sites for hydroxylation is 1. The summed E-state index contributed by atoms with van der Waals surface area (Å²) in [5.74, 6) is -0.798. The lowest BCUT2D eigenvalue weighted by Gasteiger charge is -2.21. The van der Waals surface area contributed by atoms with Gasteiger partial charge in [0.25, 0.3) is 5.78 Å². The Balaban J connectivity index is 1.51. The molecule has 2 aliphatic rings. The van der Waals surface area contributed by atoms with Gasteiger partial charge in [-0.3, -0.25) is 14.5 Å². The molecule has 2 aromatic carbocycles. The number of Topliss-reactive ketones (excluding diaryl/α,β-unsaturated/α-hetero) is 1. The number of carbonyl (C=O) groups excluding carboxylic acids is 2. The van der Waals surface area contributed by atoms with E-state index in [4.69, 9.17) is 4.74 Å². The lowest BCUT2D eigenvalue weighted by Crippen LogP contribution is -2.28. The normalized spacial score (nSPS) is 21.3. The largest absolute Gasteiger partial charge is 0.507 e. The number of thiophene rings is 1. The van der Waals surface area contributed by atoms with Crippen molar-refractivity contribution in [1.29, 1.82) is 0 Å². The predicted octanol–water partition coefficient (Wildman–Crippen LogP) is 5.62. The number of nitrogens with zero attached hydrogens (tertiary/aromatic N) is 2. The molecule has 6 rings (SSSR count). The van der Waals surface area contributed by atoms with Gasteiger partial charge in [0, 0.05) is 16.9 Å². The molecule has 4 heterocycles. The maximum Gasteiger partial charge on any atom is 0.301 e. The summed E-state index contributed by atoms with van der Waals surface area (Å²) in [6, 6.07) is 14.3. The van der Waals surface area contributed by atoms with Gasteiger partial charge < -0.3 is 9.84 Å². The van der Waals surface area contributed by atoms with E-state index in [0.717, 1.165) is 38.4 Å². The number of hydrogen-bond acceptors (Lipinski definition) is 7. The monoisotopic (exact) mass is 488 g/mol. The Morgan fingerprint density at radius 3 is 2.82 bits per heavy atom. The van der Waals surface area contributed by atoms with Gasteiger partial charge >= 0.3 is 5.91 Å². The average molecular weight is 489 g/mol. The zero-order valence-electron chi connectivity index (χ0n) is 18.4. The van der Waals surface area contributed by atoms with Gasteiger partial charge in [-0.2, -0.15) is 0 Å². The summed E-state index contributed by atoms with van der Waals surface area (Å²) in [6.45, 7) is 3.99. The van der Waals surface area contributed by atoms with Crippen molar-refractivity contribution in [3.8, 4) is 5.75 Å². The second kappa shape index (κ2) is 7.78. The second-order valence-corrected chi connectivity index (χ2v) is 10.6. The molecule has 0 spiro atoms. The van der Waals surface area contributed by atoms with Gasteiger partial charge in [0.2, 0.25) is 0 Å². The van der Waals surface area contributed by atoms with Crippen molar-refractivity contribution >= 4 is 55.5 Å². The van der Waals surface area contributed by atoms with Crippen molar-refractivity contribution < 1.29 is 19.4 Å². The third-order valence-electron chi connectivity index (χ3n) is 6.17. The van der Waals surface area contributed by atoms with E-state index in [1.165, 1.54) is 27.6 Å². The van der Waals surface area contributed by atoms with E-state index in [2.05, 4.69) is 4.98 Å². The van der Waals surface area contributed by atoms with Gasteiger partial charge in [-0.05, 0) is 66.8 Å². The SMILES string of the molecule is Cc1ccc2nc(N3C(=O)C(=O)C(=C(O)c4ccc5c(c4)C[C@H](C)O5)[C@@H]3c3cccs3)sc2c1. The molecular formula is C26H20N2O4S2. The van der Waals surface area contributed by atoms with Crippen LogP contribution in [0.15, 0.2) is 59.5 Å². The maximum atomic E-state index is 13.3. The number of rotatable bonds is 3. The molecule has 0 saturated carbocycles. The molecule has 1 N–H and O–H groups in total. The summed E-state index contributed by atoms with van der Waals surface area (Å²) in [5, 5.41) is 13.7. The molecule has 1 fully saturated rings. The molecule has 0 bridgehead atoms. The number of amides is 1. The van der Waals surface area contributed by atoms with Crippen LogP contribution in [0, 0.1) is 6.92 Å². The van der Waals surface area contributed by atoms with Crippen LogP contribution >= 0.6 is 22.7 Å². The molecule has 2 aromatic heterocycles. The first-order valence-corrected chi connectivity index (χ1v) is 12.6. The molecule has 34 heavy (non-hydrogen) atoms. The van der Waals surface area contributed by atoms with Gasteiger partial charge in [0.05, 0.1) is 15.8 Å². The third kappa shape index (κ3) is 3.25. The summed E-state index contributed by atoms with van der Waals surface area (Å²) in [5.41, 5.74) is 3.41. The van der Waals surface area contributed by atoms with Gasteiger partial charge in [0.15, 0.2) is 5.13 Å². The number of hydrogen-bond donors (Lipinski definition) is 1. The van der Waals surface area contributed by atoms with Gasteiger partial charge in [0.1, 0.15) is 23.7 Å². The van der Waals surface area contributed by atoms with Crippen LogP contribution in [0.2, 0.25) is 0 Å². The minimum Gasteiger partial charge on any atom is -0.507 e. The summed E-state index contributed by atoms with van der Waals surface area (Å²) in [4.78, 5) is 33.5. The van der Waals surface area contributed by atoms with Crippen LogP contribution in [0.25, 0.3) is 16.0 Å². The first-order valence-electron chi connectivity index (χ1n) is 10.9. The Morgan fingerprint density at radius 1 is 1.18 bits per heavy atom. The van der Waals surface area contributed by atoms with Gasteiger partial charge in [-0.15, -0.1) is 11.3 Å². The molecule has 1 saturated heterocycles. The van der Waals surface area contributed by atoms with E-state index >= 15 is 0 Å². The summed E-state index contributed by atoms with van der Waals surface area (Å²) in [6.07, 6.45) is 0.788. The molecule has 0 radical (unpaired) electrons. The minimum atomic E-state index is -0.745. The molecule has 1 amide bonds. The van der Waals surface area contributed by atoms with E-state index in [9.17, 15) is 14.7 Å². The number of carbonyl (C=O) groups is 2. The van der Waals surface area contributed by atoms with Crippen molar-refractivity contribution in [2.45, 2.75) is 32.4 Å². The first-order chi connectivity index (χ1) is 16.4. The molecule has 2 atom stereocenters. The number of aliphatic hydroxyl groups excluding tert-OH is 1. The second-order valence-electron chi connectivity index (χ2n) is 8.61. The van der Waals surface area contributed by atoms with Crippen molar-refractivity contribution in [3.05, 3.63) is 81.1 Å². The lowest BCUT2D eigenvalue weighted by atomic mass is 9.98. The van der Waals surface area contributed by atoms with E-state index in [0.29, 0.717) is 10.7 Å². The number of thiazole rings is 1. The highest BCUT2D eigenvalue weighted by Gasteiger charge is 2.48. The Hall–Kier alpha value is -3.49. The lowest BCUT2D eigenvalue weighted by molar-refractivity contribution is -0.132. The fourth-order valence-electron chi connectivity index (χ4n) is 4.59. The van der Waals surface area contributed by atoms with Crippen LogP contribution in [0.5, 0.6) is 5.75 Å². The molecule has 0 aliphatic carbocycles. The molecular weight excluding hydrogens is 468 g/mol. The molecule has 0 unspecified atom stereocenters. The van der Waals surface area contributed by atoms with Crippen LogP contribution in [0.3, 0.4) is 0 Å². The quantitative estimate of drug-likeness (QED) is 0.230. The molecule has 6 nitrogen and oxygen atoms in total. The number of ether oxygens (including phenoxy) is 1. The Bertz CT molecular complexity index is 1500. The number of fused-ring (bicyclic) bond motifs is 2. The highest BCUT2D eigenvalue weighted by atomic mass is 32.1. The summed E-state index contributed by atoms with van der Waals surface area (Å²) < 4.78 is 6.70. The minimum absolute atomic E-state index is 0.0618. The molecule has 4 aromatic rings. The van der Waals surface area contributed by atoms with E-state index in [1.54, 1.807) is 12.1 Å². The molecule has 170 valence electrons. The van der Waals surface area contributed by atoms with Crippen molar-refractivity contribution in [2.24, 2.45) is 0 Å². The summed E-state index contributed by atoms with van der Waals surface area (Å²) in [7, 11) is 0. The predicted molar refractivity (Wildman–Crippen MR) is 134 cm³/mol. The molecule has 8 heteroatoms. The van der Waals surface area contributed by atoms with Crippen LogP contribution in [-0.4, -0.2) is 27.9 Å². The Kier molecular flexibility index (Phi) is 4.82. The van der Waals surface area contributed by atoms with Gasteiger partial charge in [-0.1, -0.05) is 23.5 Å². The van der Waals surface area contributed by atoms with E-state index in [1.807, 2.05) is 55.6 Å². The number of ketones is 1. The zero-order valence-corrected chi connectivity index (χ0v) is 20.1. The van der Waals surface area contributed by atoms with Crippen molar-refractivity contribution in [3.63, 3.8) is 0 Å². The topological polar surface area (TPSA) is 79.7 Å². The van der Waals surface area contributed by atoms with Crippen LogP contribution in [0.4, 0.5) is 5.13 Å². The van der Waals surface area contributed by atoms with Crippen LogP contribution in [0.1, 0.15) is 34.5 Å². The highest BCUT2D eigenvalue weighted by Crippen LogP contribution is 2.46. The highest BCUT2D eigenvalue weighted by molar-refractivity contribution is 7.22. The fraction of sp³-hybridized carbons (Fsp3) is 0.192. The Morgan fingerprint density at radius 2 is 2.03 bits per heavy atom. The van der Waals surface area contributed by atoms with E-state index in [-0.39, 0.29) is 17.4 Å². The zero-order chi connectivity index (χ0) is 23.6. The number of aliphatic hydroxyl groups is 1. The van der Waals surface area contributed by atoms with Crippen LogP contribution in [-0.2, 0) is 16.0 Å². The smallest absolute Gasteiger partial charge is 0.301 e. The average Bonchev–Trinajstić information content (AvgIpc) is 3.58. The number of aromatic nitrogens is 1. The van der Waals surface area contributed by atoms with E-state index < -0.39 is 17.7 Å². The van der Waals surface area contributed by atoms with Crippen molar-refractivity contribution in [2.75, 3.05) is 4.90 Å². The standard InChI is InChI=1S/C26H20N2O4S2/c1-13-5-7-17-20(10-13)34-26(27-17)28-22(19-4-3-9-33-19)21(24(30)25(28)31)23(29)15-6-8-18-16(12-15)11-14(2)32-18/h3-10,12,14,22,29H,11H2,1-2H3/t14-,22-/m0/s1. The maximum absolute atomic E-state index is 13.3. The first kappa shape index (κ1) is 21.1. The van der Waals surface area contributed by atoms with Crippen LogP contribution < -0.4 is 9.64 Å². The fourth-order valence-corrected chi connectivity index (χ4v) is 6.51. The van der Waals surface area contributed by atoms with Gasteiger partial charge in [-0.25, -0.2) is 4.98 Å². The molecule has 2 aliphatic heterocycles. The van der Waals surface area contributed by atoms with Crippen molar-refractivity contribution in [1.82, 2.24) is 4.98 Å². The third-order valence-corrected chi connectivity index (χ3v) is 8.11. The Labute approximate surface area is 203 Å². The summed E-state index contributed by atoms with van der Waals surface area (Å²) >= 11 is 2.80. The number of anilines is 1. The number of benzene rings is 2.